The Hall–Kier alpha value is -0.476. The van der Waals surface area contributed by atoms with E-state index in [0.29, 0.717) is 4.90 Å². The first-order valence-corrected chi connectivity index (χ1v) is 15.8. The van der Waals surface area contributed by atoms with Crippen molar-refractivity contribution in [2.45, 2.75) is 64.9 Å². The molecule has 22 heavy (non-hydrogen) atoms. The Morgan fingerprint density at radius 3 is 1.55 bits per heavy atom. The first-order valence-electron chi connectivity index (χ1n) is 7.49. The lowest BCUT2D eigenvalue weighted by Gasteiger charge is -2.41. The van der Waals surface area contributed by atoms with E-state index in [1.165, 1.54) is 0 Å². The fourth-order valence-corrected chi connectivity index (χ4v) is 14.5. The van der Waals surface area contributed by atoms with Gasteiger partial charge in [0, 0.05) is 0 Å². The molecule has 7 heteroatoms. The molecule has 1 aromatic rings. The fraction of sp³-hybridized carbons (Fsp3) is 0.600. The van der Waals surface area contributed by atoms with Gasteiger partial charge in [0.1, 0.15) is 21.4 Å². The molecule has 0 atom stereocenters. The monoisotopic (exact) mass is 359 g/mol. The molecule has 0 unspecified atom stereocenters. The van der Waals surface area contributed by atoms with Crippen LogP contribution in [-0.4, -0.2) is 29.3 Å². The van der Waals surface area contributed by atoms with E-state index >= 15 is 0 Å². The van der Waals surface area contributed by atoms with Crippen molar-refractivity contribution in [1.29, 1.82) is 0 Å². The number of rotatable bonds is 5. The van der Waals surface area contributed by atoms with Crippen molar-refractivity contribution in [2.24, 2.45) is 0 Å². The molecule has 0 aromatic heterocycles. The highest BCUT2D eigenvalue weighted by molar-refractivity contribution is 7.87. The third-order valence-corrected chi connectivity index (χ3v) is 11.6. The molecule has 0 aliphatic carbocycles. The second-order valence-corrected chi connectivity index (χ2v) is 19.3. The van der Waals surface area contributed by atoms with Crippen molar-refractivity contribution in [3.8, 4) is 0 Å². The minimum absolute atomic E-state index is 0.305. The molecule has 4 nitrogen and oxygen atoms in total. The normalized spacial score (nSPS) is 13.7. The van der Waals surface area contributed by atoms with Gasteiger partial charge in [-0.2, -0.15) is 12.7 Å². The van der Waals surface area contributed by atoms with Crippen LogP contribution >= 0.6 is 0 Å². The first-order chi connectivity index (χ1) is 9.66. The molecule has 0 amide bonds. The number of hydrogen-bond acceptors (Lipinski definition) is 4. The summed E-state index contributed by atoms with van der Waals surface area (Å²) in [6, 6.07) is 3.77. The van der Waals surface area contributed by atoms with Gasteiger partial charge >= 0.3 is 10.1 Å². The van der Waals surface area contributed by atoms with Crippen molar-refractivity contribution in [1.82, 2.24) is 4.39 Å². The Labute approximate surface area is 137 Å². The van der Waals surface area contributed by atoms with Crippen molar-refractivity contribution >= 4 is 26.6 Å². The second-order valence-electron chi connectivity index (χ2n) is 7.89. The smallest absolute Gasteiger partial charge is 0.218 e. The summed E-state index contributed by atoms with van der Waals surface area (Å²) in [6.07, 6.45) is 0. The summed E-state index contributed by atoms with van der Waals surface area (Å²) in [5.74, 6) is 0. The van der Waals surface area contributed by atoms with Gasteiger partial charge < -0.3 is 0 Å². The van der Waals surface area contributed by atoms with Crippen LogP contribution in [0.4, 0.5) is 0 Å². The minimum Gasteiger partial charge on any atom is -0.218 e. The first kappa shape index (κ1) is 19.6. The zero-order chi connectivity index (χ0) is 17.5. The quantitative estimate of drug-likeness (QED) is 0.584. The van der Waals surface area contributed by atoms with E-state index in [9.17, 15) is 8.42 Å². The van der Waals surface area contributed by atoms with Crippen LogP contribution in [0.3, 0.4) is 0 Å². The largest absolute Gasteiger partial charge is 0.312 e. The Bertz CT molecular complexity index is 621. The van der Waals surface area contributed by atoms with Crippen LogP contribution < -0.4 is 0 Å². The molecule has 0 saturated carbocycles. The van der Waals surface area contributed by atoms with E-state index in [-0.39, 0.29) is 0 Å². The number of hydrogen-bond donors (Lipinski definition) is 0. The van der Waals surface area contributed by atoms with Crippen molar-refractivity contribution in [3.05, 3.63) is 28.8 Å². The van der Waals surface area contributed by atoms with Crippen LogP contribution in [0.1, 0.15) is 16.7 Å². The molecule has 0 bridgehead atoms. The van der Waals surface area contributed by atoms with E-state index in [1.807, 2.05) is 37.3 Å². The molecule has 0 saturated heterocycles. The maximum atomic E-state index is 12.9. The molecule has 1 aromatic carbocycles. The predicted octanol–water partition coefficient (Wildman–Crippen LogP) is 4.20. The van der Waals surface area contributed by atoms with Crippen LogP contribution in [0.5, 0.6) is 0 Å². The van der Waals surface area contributed by atoms with Crippen LogP contribution in [0.2, 0.25) is 39.3 Å². The average molecular weight is 360 g/mol. The lowest BCUT2D eigenvalue weighted by molar-refractivity contribution is 0.114. The van der Waals surface area contributed by atoms with Gasteiger partial charge in [0.2, 0.25) is 0 Å². The topological polar surface area (TPSA) is 46.6 Å². The number of benzene rings is 1. The van der Waals surface area contributed by atoms with E-state index < -0.39 is 26.6 Å². The summed E-state index contributed by atoms with van der Waals surface area (Å²) in [7, 11) is -7.64. The minimum atomic E-state index is -3.81. The molecular formula is C15H29NO3SSi2. The molecule has 0 aliphatic heterocycles. The molecule has 0 N–H and O–H groups in total. The van der Waals surface area contributed by atoms with E-state index in [0.717, 1.165) is 16.7 Å². The Kier molecular flexibility index (Phi) is 5.51. The molecule has 0 spiro atoms. The molecule has 1 rings (SSSR count). The van der Waals surface area contributed by atoms with Gasteiger partial charge in [0.05, 0.1) is 0 Å². The summed E-state index contributed by atoms with van der Waals surface area (Å²) in [4.78, 5) is 0.305. The lowest BCUT2D eigenvalue weighted by atomic mass is 10.1. The third-order valence-electron chi connectivity index (χ3n) is 3.25. The number of aryl methyl sites for hydroxylation is 3. The van der Waals surface area contributed by atoms with Gasteiger partial charge in [-0.25, -0.2) is 4.39 Å². The Balaban J connectivity index is 3.37. The van der Waals surface area contributed by atoms with Gasteiger partial charge in [-0.3, -0.25) is 0 Å². The molecule has 0 fully saturated rings. The van der Waals surface area contributed by atoms with Crippen molar-refractivity contribution in [2.75, 3.05) is 0 Å². The van der Waals surface area contributed by atoms with Crippen LogP contribution in [0.25, 0.3) is 0 Å². The average Bonchev–Trinajstić information content (AvgIpc) is 2.20. The van der Waals surface area contributed by atoms with Gasteiger partial charge in [-0.15, -0.1) is 0 Å². The van der Waals surface area contributed by atoms with Gasteiger partial charge in [-0.1, -0.05) is 57.0 Å². The molecule has 126 valence electrons. The maximum absolute atomic E-state index is 12.9. The zero-order valence-corrected chi connectivity index (χ0v) is 18.1. The van der Waals surface area contributed by atoms with Crippen molar-refractivity contribution < 1.29 is 12.7 Å². The van der Waals surface area contributed by atoms with Crippen LogP contribution in [-0.2, 0) is 14.4 Å². The maximum Gasteiger partial charge on any atom is 0.312 e. The van der Waals surface area contributed by atoms with Crippen LogP contribution in [0, 0.1) is 20.8 Å². The van der Waals surface area contributed by atoms with Crippen LogP contribution in [0.15, 0.2) is 17.0 Å². The summed E-state index contributed by atoms with van der Waals surface area (Å²) in [5.41, 5.74) is 2.54. The second kappa shape index (κ2) is 6.20. The standard InChI is InChI=1S/C15H29NO3SSi2/c1-12-10-13(2)15(14(3)11-12)20(17,18)19-16(21(4,5)6)22(7,8)9/h10-11H,1-9H3. The molecule has 0 radical (unpaired) electrons. The van der Waals surface area contributed by atoms with Gasteiger partial charge in [0.25, 0.3) is 0 Å². The zero-order valence-electron chi connectivity index (χ0n) is 15.2. The van der Waals surface area contributed by atoms with E-state index in [2.05, 4.69) is 39.3 Å². The molecular weight excluding hydrogens is 330 g/mol. The highest BCUT2D eigenvalue weighted by Crippen LogP contribution is 2.28. The van der Waals surface area contributed by atoms with E-state index in [1.54, 1.807) is 0 Å². The van der Waals surface area contributed by atoms with Gasteiger partial charge in [-0.05, 0) is 31.9 Å². The highest BCUT2D eigenvalue weighted by atomic mass is 32.2. The van der Waals surface area contributed by atoms with Gasteiger partial charge in [0.15, 0.2) is 0 Å². The van der Waals surface area contributed by atoms with E-state index in [4.69, 9.17) is 4.28 Å². The Morgan fingerprint density at radius 2 is 1.23 bits per heavy atom. The summed E-state index contributed by atoms with van der Waals surface area (Å²) in [6.45, 7) is 18.3. The fourth-order valence-electron chi connectivity index (χ4n) is 2.93. The summed E-state index contributed by atoms with van der Waals surface area (Å²) < 4.78 is 33.2. The summed E-state index contributed by atoms with van der Waals surface area (Å²) >= 11 is 0. The summed E-state index contributed by atoms with van der Waals surface area (Å²) in [5, 5.41) is 0. The number of nitrogens with zero attached hydrogens (tertiary/aromatic N) is 1. The third kappa shape index (κ3) is 4.51. The SMILES string of the molecule is Cc1cc(C)c(S(=O)(=O)ON([Si](C)(C)C)[Si](C)(C)C)c(C)c1. The predicted molar refractivity (Wildman–Crippen MR) is 97.5 cm³/mol. The molecule has 0 aliphatic rings. The van der Waals surface area contributed by atoms with Crippen molar-refractivity contribution in [3.63, 3.8) is 0 Å². The molecule has 0 heterocycles. The highest BCUT2D eigenvalue weighted by Gasteiger charge is 2.40. The Morgan fingerprint density at radius 1 is 0.864 bits per heavy atom. The lowest BCUT2D eigenvalue weighted by Crippen LogP contribution is -2.59.